The van der Waals surface area contributed by atoms with Crippen molar-refractivity contribution >= 4 is 21.8 Å². The third-order valence-electron chi connectivity index (χ3n) is 2.89. The molecule has 4 heteroatoms. The Morgan fingerprint density at radius 1 is 1.44 bits per heavy atom. The summed E-state index contributed by atoms with van der Waals surface area (Å²) >= 11 is 3.36. The first-order valence-electron chi connectivity index (χ1n) is 5.65. The number of hydrogen-bond donors (Lipinski definition) is 1. The van der Waals surface area contributed by atoms with E-state index in [1.807, 2.05) is 0 Å². The molecule has 0 aliphatic rings. The Labute approximate surface area is 107 Å². The number of rotatable bonds is 6. The Balaban J connectivity index is 4.07. The molecule has 0 aromatic carbocycles. The Morgan fingerprint density at radius 2 is 2.00 bits per heavy atom. The molecule has 0 aromatic rings. The second-order valence-electron chi connectivity index (χ2n) is 5.35. The Morgan fingerprint density at radius 3 is 2.38 bits per heavy atom. The van der Waals surface area contributed by atoms with Crippen molar-refractivity contribution in [2.45, 2.75) is 40.2 Å². The molecule has 2 unspecified atom stereocenters. The van der Waals surface area contributed by atoms with Crippen LogP contribution < -0.4 is 5.32 Å². The molecule has 0 rings (SSSR count). The molecule has 0 heterocycles. The summed E-state index contributed by atoms with van der Waals surface area (Å²) in [5, 5.41) is 3.68. The van der Waals surface area contributed by atoms with Gasteiger partial charge in [-0.05, 0) is 11.3 Å². The molecule has 1 N–H and O–H groups in total. The fraction of sp³-hybridized carbons (Fsp3) is 0.917. The zero-order chi connectivity index (χ0) is 12.8. The van der Waals surface area contributed by atoms with Crippen molar-refractivity contribution < 1.29 is 9.53 Å². The van der Waals surface area contributed by atoms with Crippen LogP contribution in [-0.2, 0) is 9.53 Å². The maximum atomic E-state index is 11.8. The molecule has 0 saturated heterocycles. The molecule has 0 aliphatic heterocycles. The highest BCUT2D eigenvalue weighted by atomic mass is 79.9. The van der Waals surface area contributed by atoms with Gasteiger partial charge in [-0.1, -0.05) is 43.6 Å². The van der Waals surface area contributed by atoms with Gasteiger partial charge in [0, 0.05) is 18.9 Å². The second-order valence-corrected chi connectivity index (χ2v) is 5.99. The second kappa shape index (κ2) is 7.28. The summed E-state index contributed by atoms with van der Waals surface area (Å²) in [6, 6.07) is 0.0599. The van der Waals surface area contributed by atoms with E-state index in [4.69, 9.17) is 4.74 Å². The monoisotopic (exact) mass is 293 g/mol. The van der Waals surface area contributed by atoms with Crippen molar-refractivity contribution in [3.05, 3.63) is 0 Å². The normalized spacial score (nSPS) is 15.6. The zero-order valence-electron chi connectivity index (χ0n) is 11.0. The standard InChI is InChI=1S/C12H24BrNO2/c1-9(12(2,3)4)6-11(15)14-10(7-13)8-16-5/h9-10H,6-8H2,1-5H3,(H,14,15). The number of ether oxygens (including phenoxy) is 1. The van der Waals surface area contributed by atoms with Gasteiger partial charge in [0.1, 0.15) is 0 Å². The lowest BCUT2D eigenvalue weighted by Gasteiger charge is -2.27. The first kappa shape index (κ1) is 15.9. The van der Waals surface area contributed by atoms with Gasteiger partial charge in [0.2, 0.25) is 5.91 Å². The van der Waals surface area contributed by atoms with E-state index in [1.54, 1.807) is 7.11 Å². The summed E-state index contributed by atoms with van der Waals surface area (Å²) in [6.07, 6.45) is 0.566. The molecule has 0 saturated carbocycles. The lowest BCUT2D eigenvalue weighted by atomic mass is 9.80. The van der Waals surface area contributed by atoms with E-state index in [-0.39, 0.29) is 17.4 Å². The van der Waals surface area contributed by atoms with E-state index >= 15 is 0 Å². The highest BCUT2D eigenvalue weighted by molar-refractivity contribution is 9.09. The molecule has 16 heavy (non-hydrogen) atoms. The number of alkyl halides is 1. The molecule has 0 spiro atoms. The first-order chi connectivity index (χ1) is 7.31. The van der Waals surface area contributed by atoms with Gasteiger partial charge in [0.25, 0.3) is 0 Å². The maximum Gasteiger partial charge on any atom is 0.220 e. The van der Waals surface area contributed by atoms with Gasteiger partial charge >= 0.3 is 0 Å². The van der Waals surface area contributed by atoms with Gasteiger partial charge < -0.3 is 10.1 Å². The topological polar surface area (TPSA) is 38.3 Å². The van der Waals surface area contributed by atoms with Crippen LogP contribution in [0.3, 0.4) is 0 Å². The van der Waals surface area contributed by atoms with Crippen molar-refractivity contribution in [3.8, 4) is 0 Å². The number of methoxy groups -OCH3 is 1. The largest absolute Gasteiger partial charge is 0.383 e. The van der Waals surface area contributed by atoms with Crippen LogP contribution in [0, 0.1) is 11.3 Å². The van der Waals surface area contributed by atoms with Gasteiger partial charge in [0.05, 0.1) is 12.6 Å². The predicted octanol–water partition coefficient (Wildman–Crippen LogP) is 2.58. The molecule has 96 valence electrons. The molecule has 2 atom stereocenters. The Bertz CT molecular complexity index is 214. The molecule has 0 bridgehead atoms. The number of halogens is 1. The highest BCUT2D eigenvalue weighted by Crippen LogP contribution is 2.27. The minimum Gasteiger partial charge on any atom is -0.383 e. The van der Waals surface area contributed by atoms with E-state index in [0.29, 0.717) is 18.9 Å². The van der Waals surface area contributed by atoms with Gasteiger partial charge in [-0.2, -0.15) is 0 Å². The van der Waals surface area contributed by atoms with E-state index in [1.165, 1.54) is 0 Å². The van der Waals surface area contributed by atoms with Crippen LogP contribution in [0.5, 0.6) is 0 Å². The fourth-order valence-corrected chi connectivity index (χ4v) is 1.55. The summed E-state index contributed by atoms with van der Waals surface area (Å²) < 4.78 is 5.02. The van der Waals surface area contributed by atoms with Crippen molar-refractivity contribution in [1.82, 2.24) is 5.32 Å². The number of hydrogen-bond acceptors (Lipinski definition) is 2. The van der Waals surface area contributed by atoms with Crippen LogP contribution in [-0.4, -0.2) is 31.0 Å². The molecule has 0 aromatic heterocycles. The van der Waals surface area contributed by atoms with Crippen LogP contribution >= 0.6 is 15.9 Å². The van der Waals surface area contributed by atoms with Crippen molar-refractivity contribution in [2.24, 2.45) is 11.3 Å². The highest BCUT2D eigenvalue weighted by Gasteiger charge is 2.23. The van der Waals surface area contributed by atoms with Crippen LogP contribution in [0.1, 0.15) is 34.1 Å². The summed E-state index contributed by atoms with van der Waals surface area (Å²) in [5.74, 6) is 0.468. The summed E-state index contributed by atoms with van der Waals surface area (Å²) in [7, 11) is 1.64. The number of nitrogens with one attached hydrogen (secondary N) is 1. The van der Waals surface area contributed by atoms with E-state index in [2.05, 4.69) is 48.9 Å². The summed E-state index contributed by atoms with van der Waals surface area (Å²) in [4.78, 5) is 11.8. The van der Waals surface area contributed by atoms with Crippen molar-refractivity contribution in [2.75, 3.05) is 19.0 Å². The number of amides is 1. The quantitative estimate of drug-likeness (QED) is 0.765. The molecule has 0 fully saturated rings. The average molecular weight is 294 g/mol. The SMILES string of the molecule is COCC(CBr)NC(=O)CC(C)C(C)(C)C. The van der Waals surface area contributed by atoms with Gasteiger partial charge in [0.15, 0.2) is 0 Å². The first-order valence-corrected chi connectivity index (χ1v) is 6.77. The number of carbonyl (C=O) groups excluding carboxylic acids is 1. The summed E-state index contributed by atoms with van der Waals surface area (Å²) in [6.45, 7) is 9.12. The van der Waals surface area contributed by atoms with E-state index < -0.39 is 0 Å². The maximum absolute atomic E-state index is 11.8. The lowest BCUT2D eigenvalue weighted by Crippen LogP contribution is -2.40. The van der Waals surface area contributed by atoms with Crippen LogP contribution in [0.15, 0.2) is 0 Å². The zero-order valence-corrected chi connectivity index (χ0v) is 12.6. The average Bonchev–Trinajstić information content (AvgIpc) is 2.15. The van der Waals surface area contributed by atoms with Crippen LogP contribution in [0.4, 0.5) is 0 Å². The summed E-state index contributed by atoms with van der Waals surface area (Å²) in [5.41, 5.74) is 0.169. The molecular formula is C12H24BrNO2. The Kier molecular flexibility index (Phi) is 7.24. The van der Waals surface area contributed by atoms with E-state index in [0.717, 1.165) is 5.33 Å². The van der Waals surface area contributed by atoms with Gasteiger partial charge in [-0.3, -0.25) is 4.79 Å². The van der Waals surface area contributed by atoms with Crippen molar-refractivity contribution in [1.29, 1.82) is 0 Å². The van der Waals surface area contributed by atoms with Gasteiger partial charge in [-0.15, -0.1) is 0 Å². The van der Waals surface area contributed by atoms with Crippen molar-refractivity contribution in [3.63, 3.8) is 0 Å². The van der Waals surface area contributed by atoms with Gasteiger partial charge in [-0.25, -0.2) is 0 Å². The predicted molar refractivity (Wildman–Crippen MR) is 70.8 cm³/mol. The fourth-order valence-electron chi connectivity index (χ4n) is 1.20. The van der Waals surface area contributed by atoms with E-state index in [9.17, 15) is 4.79 Å². The molecule has 1 amide bonds. The van der Waals surface area contributed by atoms with Crippen LogP contribution in [0.2, 0.25) is 0 Å². The third kappa shape index (κ3) is 6.48. The number of carbonyl (C=O) groups is 1. The van der Waals surface area contributed by atoms with Crippen LogP contribution in [0.25, 0.3) is 0 Å². The molecule has 0 radical (unpaired) electrons. The minimum atomic E-state index is 0.0599. The molecule has 3 nitrogen and oxygen atoms in total. The Hall–Kier alpha value is -0.0900. The molecular weight excluding hydrogens is 270 g/mol. The smallest absolute Gasteiger partial charge is 0.220 e. The minimum absolute atomic E-state index is 0.0599. The molecule has 0 aliphatic carbocycles. The lowest BCUT2D eigenvalue weighted by molar-refractivity contribution is -0.123. The third-order valence-corrected chi connectivity index (χ3v) is 3.67.